The van der Waals surface area contributed by atoms with E-state index in [1.54, 1.807) is 0 Å². The Kier molecular flexibility index (Phi) is 2.71. The molecule has 15 heavy (non-hydrogen) atoms. The average molecular weight is 215 g/mol. The quantitative estimate of drug-likeness (QED) is 0.751. The molecule has 0 aromatic heterocycles. The van der Waals surface area contributed by atoms with Crippen LogP contribution in [0.2, 0.25) is 0 Å². The van der Waals surface area contributed by atoms with Crippen molar-refractivity contribution in [1.29, 1.82) is 0 Å². The lowest BCUT2D eigenvalue weighted by Gasteiger charge is -2.36. The Hall–Kier alpha value is -0.640. The molecule has 0 amide bonds. The average Bonchev–Trinajstić information content (AvgIpc) is 2.39. The van der Waals surface area contributed by atoms with Gasteiger partial charge >= 0.3 is 5.97 Å². The van der Waals surface area contributed by atoms with Gasteiger partial charge in [-0.1, -0.05) is 0 Å². The van der Waals surface area contributed by atoms with Crippen molar-refractivity contribution < 1.29 is 14.3 Å². The highest BCUT2D eigenvalue weighted by atomic mass is 19.1. The Morgan fingerprint density at radius 3 is 2.80 bits per heavy atom. The summed E-state index contributed by atoms with van der Waals surface area (Å²) in [7, 11) is 0. The second-order valence-corrected chi connectivity index (χ2v) is 5.04. The molecule has 2 bridgehead atoms. The van der Waals surface area contributed by atoms with Gasteiger partial charge in [-0.25, -0.2) is 4.39 Å². The Labute approximate surface area is 88.8 Å². The molecule has 3 nitrogen and oxygen atoms in total. The van der Waals surface area contributed by atoms with Crippen molar-refractivity contribution in [1.82, 2.24) is 0 Å². The molecule has 2 fully saturated rings. The largest absolute Gasteiger partial charge is 0.481 e. The maximum Gasteiger partial charge on any atom is 0.303 e. The van der Waals surface area contributed by atoms with Crippen LogP contribution < -0.4 is 5.73 Å². The van der Waals surface area contributed by atoms with Crippen molar-refractivity contribution in [3.63, 3.8) is 0 Å². The lowest BCUT2D eigenvalue weighted by Crippen LogP contribution is -2.43. The van der Waals surface area contributed by atoms with E-state index in [0.717, 1.165) is 19.3 Å². The normalized spacial score (nSPS) is 44.3. The molecule has 0 heterocycles. The van der Waals surface area contributed by atoms with Crippen molar-refractivity contribution in [3.05, 3.63) is 0 Å². The van der Waals surface area contributed by atoms with Gasteiger partial charge in [0, 0.05) is 11.8 Å². The van der Waals surface area contributed by atoms with Gasteiger partial charge < -0.3 is 10.8 Å². The number of hydrogen-bond donors (Lipinski definition) is 2. The first-order valence-corrected chi connectivity index (χ1v) is 5.67. The van der Waals surface area contributed by atoms with E-state index in [-0.39, 0.29) is 18.3 Å². The molecule has 2 rings (SSSR count). The minimum atomic E-state index is -1.30. The van der Waals surface area contributed by atoms with Crippen LogP contribution in [0, 0.1) is 17.8 Å². The van der Waals surface area contributed by atoms with Crippen LogP contribution in [0.25, 0.3) is 0 Å². The van der Waals surface area contributed by atoms with Crippen LogP contribution in [0.1, 0.15) is 32.1 Å². The van der Waals surface area contributed by atoms with Crippen molar-refractivity contribution in [2.75, 3.05) is 6.54 Å². The molecule has 0 aromatic rings. The van der Waals surface area contributed by atoms with E-state index in [1.165, 1.54) is 0 Å². The Bertz CT molecular complexity index is 271. The fourth-order valence-electron chi connectivity index (χ4n) is 3.47. The molecule has 4 heteroatoms. The van der Waals surface area contributed by atoms with E-state index in [0.29, 0.717) is 18.9 Å². The standard InChI is InChI=1S/C11H18FNO2/c12-11-5-7(1-2-8(11)6-13)3-9(11)4-10(14)15/h7-9H,1-6,13H2,(H,14,15)/t7-,8+,9-,11-/m0/s1. The molecule has 2 aliphatic rings. The fraction of sp³-hybridized carbons (Fsp3) is 0.909. The highest BCUT2D eigenvalue weighted by Crippen LogP contribution is 2.55. The summed E-state index contributed by atoms with van der Waals surface area (Å²) in [5.74, 6) is -0.931. The minimum Gasteiger partial charge on any atom is -0.481 e. The third-order valence-corrected chi connectivity index (χ3v) is 4.21. The number of carboxylic acid groups (broad SMARTS) is 1. The second kappa shape index (κ2) is 3.74. The van der Waals surface area contributed by atoms with Crippen LogP contribution in [0.15, 0.2) is 0 Å². The predicted molar refractivity (Wildman–Crippen MR) is 54.1 cm³/mol. The molecule has 2 saturated carbocycles. The van der Waals surface area contributed by atoms with Crippen LogP contribution in [0.3, 0.4) is 0 Å². The van der Waals surface area contributed by atoms with E-state index in [4.69, 9.17) is 10.8 Å². The number of fused-ring (bicyclic) bond motifs is 2. The van der Waals surface area contributed by atoms with E-state index in [9.17, 15) is 9.18 Å². The molecule has 3 N–H and O–H groups in total. The third-order valence-electron chi connectivity index (χ3n) is 4.21. The third kappa shape index (κ3) is 1.75. The second-order valence-electron chi connectivity index (χ2n) is 5.04. The smallest absolute Gasteiger partial charge is 0.303 e. The number of rotatable bonds is 3. The van der Waals surface area contributed by atoms with Gasteiger partial charge in [-0.05, 0) is 38.1 Å². The van der Waals surface area contributed by atoms with Crippen LogP contribution in [-0.4, -0.2) is 23.3 Å². The first kappa shape index (κ1) is 10.9. The first-order valence-electron chi connectivity index (χ1n) is 5.67. The molecule has 0 aliphatic heterocycles. The highest BCUT2D eigenvalue weighted by Gasteiger charge is 2.55. The van der Waals surface area contributed by atoms with E-state index < -0.39 is 11.6 Å². The maximum absolute atomic E-state index is 14.7. The topological polar surface area (TPSA) is 63.3 Å². The summed E-state index contributed by atoms with van der Waals surface area (Å²) >= 11 is 0. The number of hydrogen-bond acceptors (Lipinski definition) is 2. The zero-order valence-corrected chi connectivity index (χ0v) is 8.79. The Morgan fingerprint density at radius 1 is 1.47 bits per heavy atom. The summed E-state index contributed by atoms with van der Waals surface area (Å²) in [6.45, 7) is 0.347. The lowest BCUT2D eigenvalue weighted by atomic mass is 9.74. The van der Waals surface area contributed by atoms with Gasteiger partial charge in [-0.2, -0.15) is 0 Å². The SMILES string of the molecule is NC[C@H]1CC[C@H]2C[C@@H](CC(=O)O)[C@]1(F)C2. The summed E-state index contributed by atoms with van der Waals surface area (Å²) in [5, 5.41) is 8.77. The Morgan fingerprint density at radius 2 is 2.20 bits per heavy atom. The molecule has 0 spiro atoms. The van der Waals surface area contributed by atoms with Gasteiger partial charge in [0.1, 0.15) is 5.67 Å². The highest BCUT2D eigenvalue weighted by molar-refractivity contribution is 5.67. The fourth-order valence-corrected chi connectivity index (χ4v) is 3.47. The monoisotopic (exact) mass is 215 g/mol. The number of carbonyl (C=O) groups is 1. The number of alkyl halides is 1. The number of halogens is 1. The predicted octanol–water partition coefficient (Wildman–Crippen LogP) is 1.56. The zero-order chi connectivity index (χ0) is 11.1. The summed E-state index contributed by atoms with van der Waals surface area (Å²) in [6, 6.07) is 0. The summed E-state index contributed by atoms with van der Waals surface area (Å²) in [4.78, 5) is 10.7. The van der Waals surface area contributed by atoms with Crippen molar-refractivity contribution in [3.8, 4) is 0 Å². The van der Waals surface area contributed by atoms with Crippen LogP contribution >= 0.6 is 0 Å². The van der Waals surface area contributed by atoms with E-state index in [2.05, 4.69) is 0 Å². The number of nitrogens with two attached hydrogens (primary N) is 1. The Balaban J connectivity index is 2.15. The molecule has 0 unspecified atom stereocenters. The molecule has 0 aromatic carbocycles. The van der Waals surface area contributed by atoms with Gasteiger partial charge in [-0.3, -0.25) is 4.79 Å². The summed E-state index contributed by atoms with van der Waals surface area (Å²) in [5.41, 5.74) is 4.28. The molecular formula is C11H18FNO2. The summed E-state index contributed by atoms with van der Waals surface area (Å²) < 4.78 is 14.7. The van der Waals surface area contributed by atoms with E-state index in [1.807, 2.05) is 0 Å². The number of carboxylic acids is 1. The van der Waals surface area contributed by atoms with Crippen molar-refractivity contribution >= 4 is 5.97 Å². The van der Waals surface area contributed by atoms with E-state index >= 15 is 0 Å². The molecule has 0 saturated heterocycles. The molecule has 2 aliphatic carbocycles. The number of aliphatic carboxylic acids is 1. The molecule has 0 radical (unpaired) electrons. The van der Waals surface area contributed by atoms with Gasteiger partial charge in [0.2, 0.25) is 0 Å². The first-order chi connectivity index (χ1) is 7.06. The van der Waals surface area contributed by atoms with Crippen LogP contribution in [-0.2, 0) is 4.79 Å². The van der Waals surface area contributed by atoms with Gasteiger partial charge in [0.05, 0.1) is 6.42 Å². The maximum atomic E-state index is 14.7. The van der Waals surface area contributed by atoms with Gasteiger partial charge in [0.15, 0.2) is 0 Å². The summed E-state index contributed by atoms with van der Waals surface area (Å²) in [6.07, 6.45) is 3.08. The van der Waals surface area contributed by atoms with Crippen LogP contribution in [0.5, 0.6) is 0 Å². The molecule has 86 valence electrons. The van der Waals surface area contributed by atoms with Gasteiger partial charge in [-0.15, -0.1) is 0 Å². The van der Waals surface area contributed by atoms with Crippen molar-refractivity contribution in [2.24, 2.45) is 23.5 Å². The zero-order valence-electron chi connectivity index (χ0n) is 8.79. The lowest BCUT2D eigenvalue weighted by molar-refractivity contribution is -0.139. The molecular weight excluding hydrogens is 197 g/mol. The van der Waals surface area contributed by atoms with Gasteiger partial charge in [0.25, 0.3) is 0 Å². The van der Waals surface area contributed by atoms with Crippen LogP contribution in [0.4, 0.5) is 4.39 Å². The molecule has 4 atom stereocenters. The minimum absolute atomic E-state index is 0.0382. The van der Waals surface area contributed by atoms with Crippen molar-refractivity contribution in [2.45, 2.75) is 37.8 Å².